The molecule has 0 unspecified atom stereocenters. The molecule has 2 aromatic heterocycles. The number of thiazole rings is 1. The van der Waals surface area contributed by atoms with Crippen molar-refractivity contribution in [3.8, 4) is 17.0 Å². The molecule has 1 aromatic carbocycles. The Balaban J connectivity index is 0.000000735. The van der Waals surface area contributed by atoms with Crippen molar-refractivity contribution in [3.05, 3.63) is 59.2 Å². The van der Waals surface area contributed by atoms with Crippen molar-refractivity contribution in [1.82, 2.24) is 9.97 Å². The number of hydrogen-bond acceptors (Lipinski definition) is 6. The minimum atomic E-state index is -2.47. The summed E-state index contributed by atoms with van der Waals surface area (Å²) in [7, 11) is 0. The molecule has 9 heteroatoms. The van der Waals surface area contributed by atoms with E-state index in [2.05, 4.69) is 34.8 Å². The van der Waals surface area contributed by atoms with Crippen LogP contribution in [0.2, 0.25) is 0 Å². The maximum Gasteiger partial charge on any atom is 0.284 e. The fourth-order valence-corrected chi connectivity index (χ4v) is 3.11. The van der Waals surface area contributed by atoms with E-state index < -0.39 is 5.76 Å². The van der Waals surface area contributed by atoms with Gasteiger partial charge in [-0.05, 0) is 42.8 Å². The third-order valence-corrected chi connectivity index (χ3v) is 4.63. The Bertz CT molecular complexity index is 888. The first-order chi connectivity index (χ1) is 14.5. The van der Waals surface area contributed by atoms with Gasteiger partial charge in [0.1, 0.15) is 5.75 Å². The molecule has 5 nitrogen and oxygen atoms in total. The zero-order valence-corrected chi connectivity index (χ0v) is 18.1. The van der Waals surface area contributed by atoms with Crippen LogP contribution < -0.4 is 10.1 Å². The molecule has 2 heterocycles. The second kappa shape index (κ2) is 12.9. The molecule has 0 saturated carbocycles. The second-order valence-corrected chi connectivity index (χ2v) is 7.34. The highest BCUT2D eigenvalue weighted by Gasteiger charge is 2.12. The number of ether oxygens (including phenoxy) is 1. The maximum atomic E-state index is 12.4. The zero-order chi connectivity index (χ0) is 21.8. The molecule has 160 valence electrons. The number of nitrogens with zero attached hydrogens (tertiary/aromatic N) is 2. The van der Waals surface area contributed by atoms with Crippen molar-refractivity contribution in [1.29, 1.82) is 0 Å². The molecule has 0 saturated heterocycles. The van der Waals surface area contributed by atoms with Gasteiger partial charge in [0.2, 0.25) is 0 Å². The lowest BCUT2D eigenvalue weighted by Crippen LogP contribution is -2.11. The third-order valence-electron chi connectivity index (χ3n) is 3.78. The lowest BCUT2D eigenvalue weighted by molar-refractivity contribution is 0.102. The number of carbonyl (C=O) groups excluding carboxylic acids is 1. The van der Waals surface area contributed by atoms with Crippen LogP contribution >= 0.6 is 24.0 Å². The Morgan fingerprint density at radius 1 is 1.23 bits per heavy atom. The molecule has 3 aromatic rings. The SMILES string of the molecule is CCCCCOc1ccc(NC(=O)c2nc(-c3cccnc3)cs2)cc1.FC(F)S. The first-order valence-corrected chi connectivity index (χ1v) is 10.8. The van der Waals surface area contributed by atoms with Gasteiger partial charge in [0.15, 0.2) is 5.01 Å². The van der Waals surface area contributed by atoms with Crippen molar-refractivity contribution in [3.63, 3.8) is 0 Å². The lowest BCUT2D eigenvalue weighted by Gasteiger charge is -2.07. The molecule has 30 heavy (non-hydrogen) atoms. The number of benzene rings is 1. The number of pyridine rings is 1. The number of carbonyl (C=O) groups is 1. The summed E-state index contributed by atoms with van der Waals surface area (Å²) in [6.07, 6.45) is 6.84. The first-order valence-electron chi connectivity index (χ1n) is 9.36. The number of rotatable bonds is 8. The van der Waals surface area contributed by atoms with Crippen molar-refractivity contribution in [2.24, 2.45) is 0 Å². The second-order valence-electron chi connectivity index (χ2n) is 6.09. The standard InChI is InChI=1S/C20H21N3O2S.CH2F2S/c1-2-3-4-12-25-17-9-7-16(8-10-17)22-19(24)20-23-18(14-26-20)15-6-5-11-21-13-15;2-1(3)4/h5-11,13-14H,2-4,12H2,1H3,(H,22,24);1,4H. The summed E-state index contributed by atoms with van der Waals surface area (Å²) in [6.45, 7) is 2.88. The Morgan fingerprint density at radius 3 is 2.60 bits per heavy atom. The van der Waals surface area contributed by atoms with E-state index >= 15 is 0 Å². The number of anilines is 1. The van der Waals surface area contributed by atoms with Gasteiger partial charge in [-0.15, -0.1) is 24.0 Å². The van der Waals surface area contributed by atoms with E-state index in [1.54, 1.807) is 12.4 Å². The summed E-state index contributed by atoms with van der Waals surface area (Å²) in [4.78, 5) is 20.8. The number of aromatic nitrogens is 2. The normalized spacial score (nSPS) is 10.3. The minimum absolute atomic E-state index is 0.221. The summed E-state index contributed by atoms with van der Waals surface area (Å²) in [5.41, 5.74) is 2.37. The quantitative estimate of drug-likeness (QED) is 0.318. The van der Waals surface area contributed by atoms with E-state index in [-0.39, 0.29) is 5.91 Å². The monoisotopic (exact) mass is 451 g/mol. The smallest absolute Gasteiger partial charge is 0.284 e. The van der Waals surface area contributed by atoms with Crippen LogP contribution in [0.25, 0.3) is 11.3 Å². The van der Waals surface area contributed by atoms with Gasteiger partial charge in [0.05, 0.1) is 12.3 Å². The number of alkyl halides is 2. The molecule has 1 N–H and O–H groups in total. The molecule has 1 amide bonds. The van der Waals surface area contributed by atoms with Gasteiger partial charge in [-0.3, -0.25) is 9.78 Å². The van der Waals surface area contributed by atoms with E-state index in [9.17, 15) is 13.6 Å². The molecule has 3 rings (SSSR count). The van der Waals surface area contributed by atoms with Gasteiger partial charge in [-0.25, -0.2) is 4.98 Å². The molecule has 0 aliphatic heterocycles. The Kier molecular flexibility index (Phi) is 10.2. The average molecular weight is 452 g/mol. The number of nitrogens with one attached hydrogen (secondary N) is 1. The molecular formula is C21H23F2N3O2S2. The molecule has 0 bridgehead atoms. The van der Waals surface area contributed by atoms with Crippen LogP contribution in [0.15, 0.2) is 54.2 Å². The number of thiol groups is 1. The Morgan fingerprint density at radius 2 is 1.97 bits per heavy atom. The van der Waals surface area contributed by atoms with Crippen molar-refractivity contribution in [2.45, 2.75) is 31.9 Å². The van der Waals surface area contributed by atoms with E-state index in [1.807, 2.05) is 41.8 Å². The zero-order valence-electron chi connectivity index (χ0n) is 16.4. The summed E-state index contributed by atoms with van der Waals surface area (Å²) < 4.78 is 26.1. The highest BCUT2D eigenvalue weighted by molar-refractivity contribution is 7.80. The van der Waals surface area contributed by atoms with Crippen LogP contribution in [-0.4, -0.2) is 28.2 Å². The highest BCUT2D eigenvalue weighted by Crippen LogP contribution is 2.22. The number of halogens is 2. The van der Waals surface area contributed by atoms with Gasteiger partial charge in [-0.1, -0.05) is 19.8 Å². The van der Waals surface area contributed by atoms with Gasteiger partial charge in [-0.2, -0.15) is 8.78 Å². The van der Waals surface area contributed by atoms with Crippen molar-refractivity contribution in [2.75, 3.05) is 11.9 Å². The van der Waals surface area contributed by atoms with Crippen LogP contribution in [0, 0.1) is 0 Å². The summed E-state index contributed by atoms with van der Waals surface area (Å²) in [6, 6.07) is 11.2. The molecule has 0 aliphatic rings. The number of unbranched alkanes of at least 4 members (excludes halogenated alkanes) is 2. The van der Waals surface area contributed by atoms with Gasteiger partial charge < -0.3 is 10.1 Å². The van der Waals surface area contributed by atoms with Crippen LogP contribution in [0.3, 0.4) is 0 Å². The predicted molar refractivity (Wildman–Crippen MR) is 120 cm³/mol. The lowest BCUT2D eigenvalue weighted by atomic mass is 10.2. The molecule has 0 radical (unpaired) electrons. The maximum absolute atomic E-state index is 12.4. The Labute approximate surface area is 183 Å². The van der Waals surface area contributed by atoms with Crippen LogP contribution in [0.1, 0.15) is 36.0 Å². The van der Waals surface area contributed by atoms with E-state index in [0.29, 0.717) is 10.7 Å². The predicted octanol–water partition coefficient (Wildman–Crippen LogP) is 6.17. The van der Waals surface area contributed by atoms with Crippen LogP contribution in [0.4, 0.5) is 14.5 Å². The minimum Gasteiger partial charge on any atom is -0.494 e. The van der Waals surface area contributed by atoms with Crippen molar-refractivity contribution >= 4 is 35.6 Å². The molecule has 0 atom stereocenters. The molecule has 0 aliphatic carbocycles. The summed E-state index contributed by atoms with van der Waals surface area (Å²) in [5.74, 6) is -1.88. The molecule has 0 spiro atoms. The largest absolute Gasteiger partial charge is 0.494 e. The first kappa shape index (κ1) is 23.8. The number of hydrogen-bond donors (Lipinski definition) is 2. The molecular weight excluding hydrogens is 428 g/mol. The summed E-state index contributed by atoms with van der Waals surface area (Å²) >= 11 is 3.95. The van der Waals surface area contributed by atoms with Crippen LogP contribution in [0.5, 0.6) is 5.75 Å². The van der Waals surface area contributed by atoms with Crippen molar-refractivity contribution < 1.29 is 18.3 Å². The molecule has 0 fully saturated rings. The fourth-order valence-electron chi connectivity index (χ4n) is 2.39. The third kappa shape index (κ3) is 8.46. The topological polar surface area (TPSA) is 64.1 Å². The highest BCUT2D eigenvalue weighted by atomic mass is 32.1. The van der Waals surface area contributed by atoms with E-state index in [0.717, 1.165) is 30.0 Å². The van der Waals surface area contributed by atoms with Crippen LogP contribution in [-0.2, 0) is 0 Å². The fraction of sp³-hybridized carbons (Fsp3) is 0.286. The van der Waals surface area contributed by atoms with Gasteiger partial charge in [0, 0.05) is 29.0 Å². The average Bonchev–Trinajstić information content (AvgIpc) is 3.23. The van der Waals surface area contributed by atoms with E-state index in [4.69, 9.17) is 4.74 Å². The van der Waals surface area contributed by atoms with Gasteiger partial charge >= 0.3 is 0 Å². The Hall–Kier alpha value is -2.52. The summed E-state index contributed by atoms with van der Waals surface area (Å²) in [5, 5.41) is 5.14. The van der Waals surface area contributed by atoms with Gasteiger partial charge in [0.25, 0.3) is 11.7 Å². The van der Waals surface area contributed by atoms with E-state index in [1.165, 1.54) is 24.2 Å². The number of amides is 1.